The molecule has 1 aliphatic heterocycles. The maximum atomic E-state index is 12.8. The lowest BCUT2D eigenvalue weighted by atomic mass is 9.95. The molecule has 6 nitrogen and oxygen atoms in total. The highest BCUT2D eigenvalue weighted by molar-refractivity contribution is 5.84. The van der Waals surface area contributed by atoms with Crippen molar-refractivity contribution in [2.75, 3.05) is 6.54 Å². The van der Waals surface area contributed by atoms with Crippen LogP contribution in [0.15, 0.2) is 29.1 Å². The van der Waals surface area contributed by atoms with Crippen LogP contribution in [0.4, 0.5) is 0 Å². The Bertz CT molecular complexity index is 701. The largest absolute Gasteiger partial charge is 0.467 e. The first-order valence-corrected chi connectivity index (χ1v) is 8.76. The van der Waals surface area contributed by atoms with E-state index in [4.69, 9.17) is 4.42 Å². The topological polar surface area (TPSA) is 63.3 Å². The van der Waals surface area contributed by atoms with Gasteiger partial charge in [0.2, 0.25) is 5.91 Å². The van der Waals surface area contributed by atoms with Crippen LogP contribution in [-0.2, 0) is 24.9 Å². The summed E-state index contributed by atoms with van der Waals surface area (Å²) in [7, 11) is 1.98. The van der Waals surface area contributed by atoms with Crippen LogP contribution in [0.1, 0.15) is 48.7 Å². The molecule has 6 heteroatoms. The van der Waals surface area contributed by atoms with E-state index in [9.17, 15) is 4.79 Å². The number of amides is 1. The molecule has 1 saturated carbocycles. The van der Waals surface area contributed by atoms with Gasteiger partial charge in [-0.1, -0.05) is 12.8 Å². The number of furan rings is 1. The molecule has 1 atom stereocenters. The number of aryl methyl sites for hydroxylation is 1. The first-order valence-electron chi connectivity index (χ1n) is 8.76. The van der Waals surface area contributed by atoms with E-state index in [0.717, 1.165) is 30.2 Å². The van der Waals surface area contributed by atoms with Crippen molar-refractivity contribution in [3.8, 4) is 0 Å². The summed E-state index contributed by atoms with van der Waals surface area (Å²) in [5.74, 6) is 0.660. The Morgan fingerprint density at radius 3 is 3.00 bits per heavy atom. The van der Waals surface area contributed by atoms with Crippen LogP contribution in [-0.4, -0.2) is 32.9 Å². The number of hydrogen-bond donors (Lipinski definition) is 1. The Morgan fingerprint density at radius 1 is 1.42 bits per heavy atom. The van der Waals surface area contributed by atoms with Gasteiger partial charge in [-0.05, 0) is 25.0 Å². The Balaban J connectivity index is 1.52. The molecule has 0 unspecified atom stereocenters. The molecular weight excluding hydrogens is 304 g/mol. The first kappa shape index (κ1) is 15.4. The number of carbonyl (C=O) groups excluding carboxylic acids is 1. The normalized spacial score (nSPS) is 21.8. The molecular formula is C18H24N4O2. The van der Waals surface area contributed by atoms with Gasteiger partial charge in [0, 0.05) is 26.2 Å². The Labute approximate surface area is 141 Å². The highest BCUT2D eigenvalue weighted by Crippen LogP contribution is 2.33. The summed E-state index contributed by atoms with van der Waals surface area (Å²) in [5.41, 5.74) is 2.11. The Morgan fingerprint density at radius 2 is 2.25 bits per heavy atom. The van der Waals surface area contributed by atoms with Crippen LogP contribution in [0.5, 0.6) is 0 Å². The minimum absolute atomic E-state index is 0.0546. The van der Waals surface area contributed by atoms with Gasteiger partial charge in [0.05, 0.1) is 36.4 Å². The third kappa shape index (κ3) is 2.86. The van der Waals surface area contributed by atoms with Gasteiger partial charge in [0.15, 0.2) is 0 Å². The van der Waals surface area contributed by atoms with E-state index in [1.807, 2.05) is 30.1 Å². The lowest BCUT2D eigenvalue weighted by molar-refractivity contribution is -0.124. The second-order valence-corrected chi connectivity index (χ2v) is 6.90. The molecule has 1 N–H and O–H groups in total. The summed E-state index contributed by atoms with van der Waals surface area (Å²) in [4.78, 5) is 19.8. The van der Waals surface area contributed by atoms with E-state index in [1.54, 1.807) is 6.26 Å². The summed E-state index contributed by atoms with van der Waals surface area (Å²) >= 11 is 0. The lowest BCUT2D eigenvalue weighted by Crippen LogP contribution is -2.45. The molecule has 24 heavy (non-hydrogen) atoms. The van der Waals surface area contributed by atoms with Crippen molar-refractivity contribution in [3.63, 3.8) is 0 Å². The maximum absolute atomic E-state index is 12.8. The van der Waals surface area contributed by atoms with Crippen LogP contribution in [0.3, 0.4) is 0 Å². The molecule has 2 aromatic heterocycles. The molecule has 4 rings (SSSR count). The zero-order valence-corrected chi connectivity index (χ0v) is 14.1. The minimum atomic E-state index is -0.170. The maximum Gasteiger partial charge on any atom is 0.230 e. The second kappa shape index (κ2) is 6.43. The minimum Gasteiger partial charge on any atom is -0.467 e. The zero-order chi connectivity index (χ0) is 16.5. The number of nitrogens with zero attached hydrogens (tertiary/aromatic N) is 3. The van der Waals surface area contributed by atoms with Crippen LogP contribution in [0.2, 0.25) is 0 Å². The molecule has 3 heterocycles. The van der Waals surface area contributed by atoms with Crippen molar-refractivity contribution < 1.29 is 9.21 Å². The fourth-order valence-electron chi connectivity index (χ4n) is 4.10. The lowest BCUT2D eigenvalue weighted by Gasteiger charge is -2.36. The smallest absolute Gasteiger partial charge is 0.230 e. The third-order valence-electron chi connectivity index (χ3n) is 5.34. The number of imidazole rings is 1. The summed E-state index contributed by atoms with van der Waals surface area (Å²) in [5, 5.41) is 3.02. The van der Waals surface area contributed by atoms with Gasteiger partial charge in [-0.2, -0.15) is 0 Å². The fourth-order valence-corrected chi connectivity index (χ4v) is 4.10. The van der Waals surface area contributed by atoms with E-state index in [1.165, 1.54) is 25.7 Å². The van der Waals surface area contributed by atoms with Gasteiger partial charge in [0.1, 0.15) is 5.76 Å². The molecule has 0 spiro atoms. The van der Waals surface area contributed by atoms with Gasteiger partial charge in [0.25, 0.3) is 0 Å². The summed E-state index contributed by atoms with van der Waals surface area (Å²) in [6.45, 7) is 2.07. The molecule has 0 saturated heterocycles. The molecule has 1 aliphatic carbocycles. The molecule has 0 radical (unpaired) electrons. The fraction of sp³-hybridized carbons (Fsp3) is 0.556. The Kier molecular flexibility index (Phi) is 4.14. The average molecular weight is 328 g/mol. The van der Waals surface area contributed by atoms with Gasteiger partial charge >= 0.3 is 0 Å². The number of rotatable bonds is 4. The first-order chi connectivity index (χ1) is 11.7. The van der Waals surface area contributed by atoms with Gasteiger partial charge < -0.3 is 14.3 Å². The van der Waals surface area contributed by atoms with Crippen molar-refractivity contribution >= 4 is 5.91 Å². The number of hydrogen-bond acceptors (Lipinski definition) is 4. The second-order valence-electron chi connectivity index (χ2n) is 6.90. The predicted octanol–water partition coefficient (Wildman–Crippen LogP) is 2.17. The Hall–Kier alpha value is -2.08. The summed E-state index contributed by atoms with van der Waals surface area (Å²) in [6, 6.07) is 4.31. The SMILES string of the molecule is Cn1cnc2c1[C@H](C(=O)NCc1ccco1)CN(C1CCCC1)C2. The summed E-state index contributed by atoms with van der Waals surface area (Å²) < 4.78 is 7.31. The molecule has 1 fully saturated rings. The van der Waals surface area contributed by atoms with Crippen molar-refractivity contribution in [2.24, 2.45) is 7.05 Å². The summed E-state index contributed by atoms with van der Waals surface area (Å²) in [6.07, 6.45) is 8.53. The van der Waals surface area contributed by atoms with E-state index in [0.29, 0.717) is 12.6 Å². The molecule has 0 bridgehead atoms. The molecule has 0 aromatic carbocycles. The number of aromatic nitrogens is 2. The van der Waals surface area contributed by atoms with Crippen LogP contribution < -0.4 is 5.32 Å². The van der Waals surface area contributed by atoms with E-state index in [2.05, 4.69) is 15.2 Å². The molecule has 1 amide bonds. The van der Waals surface area contributed by atoms with Crippen molar-refractivity contribution in [2.45, 2.75) is 50.7 Å². The molecule has 2 aromatic rings. The van der Waals surface area contributed by atoms with Gasteiger partial charge in [-0.15, -0.1) is 0 Å². The average Bonchev–Trinajstić information content (AvgIpc) is 3.34. The molecule has 128 valence electrons. The highest BCUT2D eigenvalue weighted by Gasteiger charge is 2.36. The van der Waals surface area contributed by atoms with E-state index < -0.39 is 0 Å². The number of carbonyl (C=O) groups is 1. The van der Waals surface area contributed by atoms with Crippen LogP contribution in [0, 0.1) is 0 Å². The predicted molar refractivity (Wildman–Crippen MR) is 89.2 cm³/mol. The third-order valence-corrected chi connectivity index (χ3v) is 5.34. The molecule has 2 aliphatic rings. The number of nitrogens with one attached hydrogen (secondary N) is 1. The standard InChI is InChI=1S/C18H24N4O2/c1-21-12-20-16-11-22(13-5-2-3-6-13)10-15(17(16)21)18(23)19-9-14-7-4-8-24-14/h4,7-8,12-13,15H,2-3,5-6,9-11H2,1H3,(H,19,23)/t15-/m1/s1. The zero-order valence-electron chi connectivity index (χ0n) is 14.1. The van der Waals surface area contributed by atoms with E-state index >= 15 is 0 Å². The highest BCUT2D eigenvalue weighted by atomic mass is 16.3. The monoisotopic (exact) mass is 328 g/mol. The quantitative estimate of drug-likeness (QED) is 0.934. The van der Waals surface area contributed by atoms with Gasteiger partial charge in [-0.25, -0.2) is 4.98 Å². The van der Waals surface area contributed by atoms with Gasteiger partial charge in [-0.3, -0.25) is 9.69 Å². The van der Waals surface area contributed by atoms with Crippen molar-refractivity contribution in [3.05, 3.63) is 41.9 Å². The van der Waals surface area contributed by atoms with Crippen molar-refractivity contribution in [1.82, 2.24) is 19.8 Å². The van der Waals surface area contributed by atoms with Crippen LogP contribution in [0.25, 0.3) is 0 Å². The van der Waals surface area contributed by atoms with Crippen molar-refractivity contribution in [1.29, 1.82) is 0 Å². The van der Waals surface area contributed by atoms with E-state index in [-0.39, 0.29) is 11.8 Å². The number of fused-ring (bicyclic) bond motifs is 1. The van der Waals surface area contributed by atoms with Crippen LogP contribution >= 0.6 is 0 Å².